The van der Waals surface area contributed by atoms with Crippen molar-refractivity contribution in [1.82, 2.24) is 29.9 Å². The van der Waals surface area contributed by atoms with E-state index in [9.17, 15) is 15.3 Å². The fourth-order valence-corrected chi connectivity index (χ4v) is 12.5. The topological polar surface area (TPSA) is 155 Å². The van der Waals surface area contributed by atoms with Crippen LogP contribution in [0.15, 0.2) is 248 Å². The first-order valence-electron chi connectivity index (χ1n) is 26.4. The lowest BCUT2D eigenvalue weighted by atomic mass is 9.84. The van der Waals surface area contributed by atoms with Gasteiger partial charge < -0.3 is 45.2 Å². The molecule has 0 spiro atoms. The number of aromatic amines is 6. The zero-order chi connectivity index (χ0) is 54.3. The SMILES string of the molecule is Oc1cccc(C(c2c[nH]c3ccccc23)c2c[nH]c3ccccc23)c1.Oc1cccc(C(c2c[nH]c3ccccc23)c2c[nH]c3ccccc23)c1Br.Oc1cccc(C(c2c[nH]c3ccccc23)c2c[nH]c3ccccc23)c1Cl. The van der Waals surface area contributed by atoms with Crippen LogP contribution in [0.25, 0.3) is 65.4 Å². The van der Waals surface area contributed by atoms with Crippen LogP contribution in [0.1, 0.15) is 67.8 Å². The fourth-order valence-electron chi connectivity index (χ4n) is 11.8. The number of phenolic OH excluding ortho intramolecular Hbond substituents is 3. The molecule has 0 radical (unpaired) electrons. The third-order valence-corrected chi connectivity index (χ3v) is 16.7. The van der Waals surface area contributed by atoms with Crippen LogP contribution >= 0.6 is 27.5 Å². The Morgan fingerprint density at radius 3 is 0.963 bits per heavy atom. The summed E-state index contributed by atoms with van der Waals surface area (Å²) in [5.74, 6) is 0.508. The molecule has 6 aromatic heterocycles. The number of hydrogen-bond acceptors (Lipinski definition) is 3. The van der Waals surface area contributed by atoms with Crippen LogP contribution in [0.3, 0.4) is 0 Å². The molecule has 0 aliphatic rings. The molecule has 6 heterocycles. The summed E-state index contributed by atoms with van der Waals surface area (Å²) in [7, 11) is 0. The van der Waals surface area contributed by atoms with Crippen molar-refractivity contribution in [2.24, 2.45) is 0 Å². The number of aromatic hydroxyl groups is 3. The Balaban J connectivity index is 0.000000113. The molecule has 0 fully saturated rings. The minimum atomic E-state index is -0.114. The van der Waals surface area contributed by atoms with E-state index in [1.807, 2.05) is 91.3 Å². The van der Waals surface area contributed by atoms with Crippen molar-refractivity contribution in [3.8, 4) is 17.2 Å². The standard InChI is InChI=1S/C23H17BrN2O.C23H17ClN2O.C23H18N2O/c2*24-23-16(8-5-11-21(23)27)22(17-12-25-19-9-3-1-6-14(17)19)18-13-26-20-10-4-2-7-15(18)20;26-16-7-5-6-15(12-16)23(19-13-24-21-10-3-1-8-17(19)21)20-14-25-22-11-4-2-9-18(20)22/h2*1-13,22,25-27H;1-14,23-26H. The molecule has 9 N–H and O–H groups in total. The maximum absolute atomic E-state index is 10.3. The molecule has 0 amide bonds. The van der Waals surface area contributed by atoms with Gasteiger partial charge in [-0.1, -0.05) is 157 Å². The average Bonchev–Trinajstić information content (AvgIpc) is 4.43. The highest BCUT2D eigenvalue weighted by Crippen LogP contribution is 2.46. The van der Waals surface area contributed by atoms with Crippen molar-refractivity contribution < 1.29 is 15.3 Å². The molecule has 390 valence electrons. The van der Waals surface area contributed by atoms with Crippen molar-refractivity contribution >= 4 is 92.9 Å². The molecular weight excluding hydrogens is 1080 g/mol. The lowest BCUT2D eigenvalue weighted by Gasteiger charge is -2.19. The van der Waals surface area contributed by atoms with E-state index in [0.717, 1.165) is 76.2 Å². The molecule has 0 unspecified atom stereocenters. The second kappa shape index (κ2) is 21.3. The van der Waals surface area contributed by atoms with Gasteiger partial charge in [0, 0.05) is 120 Å². The van der Waals surface area contributed by atoms with Crippen molar-refractivity contribution in [2.75, 3.05) is 0 Å². The largest absolute Gasteiger partial charge is 0.508 e. The van der Waals surface area contributed by atoms with Crippen LogP contribution < -0.4 is 0 Å². The van der Waals surface area contributed by atoms with E-state index in [2.05, 4.69) is 180 Å². The molecule has 0 aliphatic carbocycles. The maximum atomic E-state index is 10.3. The highest BCUT2D eigenvalue weighted by Gasteiger charge is 2.28. The summed E-state index contributed by atoms with van der Waals surface area (Å²) in [6.07, 6.45) is 12.4. The van der Waals surface area contributed by atoms with E-state index in [1.165, 1.54) is 43.8 Å². The van der Waals surface area contributed by atoms with E-state index in [4.69, 9.17) is 11.6 Å². The highest BCUT2D eigenvalue weighted by molar-refractivity contribution is 9.10. The quantitative estimate of drug-likeness (QED) is 0.0707. The van der Waals surface area contributed by atoms with Gasteiger partial charge in [-0.05, 0) is 127 Å². The summed E-state index contributed by atoms with van der Waals surface area (Å²) in [6.45, 7) is 0. The molecule has 0 aliphatic heterocycles. The van der Waals surface area contributed by atoms with Crippen LogP contribution in [-0.4, -0.2) is 45.2 Å². The monoisotopic (exact) mass is 1130 g/mol. The molecule has 0 atom stereocenters. The first-order chi connectivity index (χ1) is 39.3. The van der Waals surface area contributed by atoms with E-state index in [1.54, 1.807) is 18.2 Å². The Labute approximate surface area is 473 Å². The van der Waals surface area contributed by atoms with Crippen LogP contribution in [0.2, 0.25) is 5.02 Å². The van der Waals surface area contributed by atoms with Crippen molar-refractivity contribution in [3.63, 3.8) is 0 Å². The van der Waals surface area contributed by atoms with Crippen molar-refractivity contribution in [3.05, 3.63) is 303 Å². The number of fused-ring (bicyclic) bond motifs is 6. The van der Waals surface area contributed by atoms with Gasteiger partial charge in [-0.2, -0.15) is 0 Å². The molecule has 9 nitrogen and oxygen atoms in total. The summed E-state index contributed by atoms with van der Waals surface area (Å²) in [5, 5.41) is 38.0. The number of para-hydroxylation sites is 6. The molecule has 80 heavy (non-hydrogen) atoms. The summed E-state index contributed by atoms with van der Waals surface area (Å²) >= 11 is 10.2. The van der Waals surface area contributed by atoms with Crippen molar-refractivity contribution in [1.29, 1.82) is 0 Å². The van der Waals surface area contributed by atoms with Gasteiger partial charge in [0.25, 0.3) is 0 Å². The third-order valence-electron chi connectivity index (χ3n) is 15.4. The lowest BCUT2D eigenvalue weighted by molar-refractivity contribution is 0.470. The Bertz CT molecular complexity index is 4270. The number of nitrogens with one attached hydrogen (secondary N) is 6. The Morgan fingerprint density at radius 1 is 0.300 bits per heavy atom. The predicted octanol–water partition coefficient (Wildman–Crippen LogP) is 18.0. The van der Waals surface area contributed by atoms with Gasteiger partial charge in [0.1, 0.15) is 17.2 Å². The summed E-state index contributed by atoms with van der Waals surface area (Å²) in [4.78, 5) is 20.3. The van der Waals surface area contributed by atoms with E-state index < -0.39 is 0 Å². The number of hydrogen-bond donors (Lipinski definition) is 9. The van der Waals surface area contributed by atoms with Gasteiger partial charge in [-0.3, -0.25) is 0 Å². The number of phenols is 3. The summed E-state index contributed by atoms with van der Waals surface area (Å²) in [6, 6.07) is 68.4. The molecule has 0 bridgehead atoms. The first-order valence-corrected chi connectivity index (χ1v) is 27.6. The van der Waals surface area contributed by atoms with Crippen LogP contribution in [0.4, 0.5) is 0 Å². The van der Waals surface area contributed by atoms with Crippen molar-refractivity contribution in [2.45, 2.75) is 17.8 Å². The number of aromatic nitrogens is 6. The van der Waals surface area contributed by atoms with Gasteiger partial charge >= 0.3 is 0 Å². The summed E-state index contributed by atoms with van der Waals surface area (Å²) < 4.78 is 0.727. The van der Waals surface area contributed by atoms with Crippen LogP contribution in [0, 0.1) is 0 Å². The van der Waals surface area contributed by atoms with E-state index in [0.29, 0.717) is 5.02 Å². The van der Waals surface area contributed by atoms with Gasteiger partial charge in [-0.25, -0.2) is 0 Å². The molecule has 15 aromatic rings. The van der Waals surface area contributed by atoms with Gasteiger partial charge in [0.2, 0.25) is 0 Å². The summed E-state index contributed by atoms with van der Waals surface area (Å²) in [5.41, 5.74) is 16.6. The Kier molecular flexibility index (Phi) is 13.3. The van der Waals surface area contributed by atoms with E-state index >= 15 is 0 Å². The molecule has 15 rings (SSSR count). The highest BCUT2D eigenvalue weighted by atomic mass is 79.9. The number of benzene rings is 9. The Morgan fingerprint density at radius 2 is 0.600 bits per heavy atom. The number of halogens is 2. The van der Waals surface area contributed by atoms with Gasteiger partial charge in [0.15, 0.2) is 0 Å². The maximum Gasteiger partial charge on any atom is 0.134 e. The van der Waals surface area contributed by atoms with Crippen LogP contribution in [-0.2, 0) is 0 Å². The minimum Gasteiger partial charge on any atom is -0.508 e. The minimum absolute atomic E-state index is 0.0226. The molecule has 9 aromatic carbocycles. The zero-order valence-electron chi connectivity index (χ0n) is 42.9. The Hall–Kier alpha value is -9.61. The fraction of sp³-hybridized carbons (Fsp3) is 0.0435. The smallest absolute Gasteiger partial charge is 0.134 e. The van der Waals surface area contributed by atoms with Gasteiger partial charge in [0.05, 0.1) is 9.50 Å². The zero-order valence-corrected chi connectivity index (χ0v) is 45.3. The second-order valence-corrected chi connectivity index (χ2v) is 21.2. The molecule has 0 saturated carbocycles. The van der Waals surface area contributed by atoms with Gasteiger partial charge in [-0.15, -0.1) is 0 Å². The molecule has 11 heteroatoms. The molecule has 0 saturated heterocycles. The van der Waals surface area contributed by atoms with Crippen LogP contribution in [0.5, 0.6) is 17.2 Å². The molecular formula is C69H52BrClN6O3. The number of H-pyrrole nitrogens is 6. The lowest BCUT2D eigenvalue weighted by Crippen LogP contribution is -2.03. The predicted molar refractivity (Wildman–Crippen MR) is 330 cm³/mol. The third kappa shape index (κ3) is 9.14. The van der Waals surface area contributed by atoms with E-state index in [-0.39, 0.29) is 35.0 Å². The number of rotatable bonds is 9. The average molecular weight is 1130 g/mol. The normalized spacial score (nSPS) is 11.6. The first kappa shape index (κ1) is 49.9. The second-order valence-electron chi connectivity index (χ2n) is 20.0.